The second-order valence-electron chi connectivity index (χ2n) is 4.85. The van der Waals surface area contributed by atoms with Crippen molar-refractivity contribution in [2.24, 2.45) is 0 Å². The van der Waals surface area contributed by atoms with E-state index in [1.807, 2.05) is 42.5 Å². The summed E-state index contributed by atoms with van der Waals surface area (Å²) in [6.07, 6.45) is 0. The quantitative estimate of drug-likeness (QED) is 0.776. The highest BCUT2D eigenvalue weighted by Crippen LogP contribution is 2.27. The van der Waals surface area contributed by atoms with Crippen molar-refractivity contribution in [2.75, 3.05) is 26.1 Å². The van der Waals surface area contributed by atoms with E-state index in [0.717, 1.165) is 15.7 Å². The minimum Gasteiger partial charge on any atom is -0.493 e. The molecular formula is C17H19BrN2O3. The molecule has 122 valence electrons. The largest absolute Gasteiger partial charge is 0.493 e. The Bertz CT molecular complexity index is 677. The zero-order valence-corrected chi connectivity index (χ0v) is 14.6. The van der Waals surface area contributed by atoms with Crippen LogP contribution in [0.25, 0.3) is 0 Å². The van der Waals surface area contributed by atoms with E-state index in [-0.39, 0.29) is 12.5 Å². The molecule has 0 fully saturated rings. The Hall–Kier alpha value is -2.05. The molecule has 0 radical (unpaired) electrons. The van der Waals surface area contributed by atoms with Crippen molar-refractivity contribution in [3.8, 4) is 11.5 Å². The molecule has 0 atom stereocenters. The van der Waals surface area contributed by atoms with E-state index in [9.17, 15) is 4.79 Å². The fraction of sp³-hybridized carbons (Fsp3) is 0.235. The Labute approximate surface area is 144 Å². The molecule has 0 aliphatic heterocycles. The number of halogens is 1. The molecule has 0 aromatic heterocycles. The Morgan fingerprint density at radius 1 is 1.09 bits per heavy atom. The molecule has 0 bridgehead atoms. The van der Waals surface area contributed by atoms with Crippen LogP contribution in [-0.4, -0.2) is 26.7 Å². The maximum absolute atomic E-state index is 11.9. The average molecular weight is 379 g/mol. The first-order valence-corrected chi connectivity index (χ1v) is 7.88. The van der Waals surface area contributed by atoms with Gasteiger partial charge >= 0.3 is 0 Å². The molecule has 0 saturated heterocycles. The molecule has 0 spiro atoms. The molecule has 0 saturated carbocycles. The molecule has 23 heavy (non-hydrogen) atoms. The molecule has 1 amide bonds. The summed E-state index contributed by atoms with van der Waals surface area (Å²) in [5.74, 6) is 1.26. The summed E-state index contributed by atoms with van der Waals surface area (Å²) in [7, 11) is 3.20. The van der Waals surface area contributed by atoms with Crippen molar-refractivity contribution in [3.05, 3.63) is 52.5 Å². The lowest BCUT2D eigenvalue weighted by Gasteiger charge is -2.10. The van der Waals surface area contributed by atoms with Crippen molar-refractivity contribution in [3.63, 3.8) is 0 Å². The van der Waals surface area contributed by atoms with Crippen LogP contribution in [0.5, 0.6) is 11.5 Å². The number of hydrogen-bond acceptors (Lipinski definition) is 4. The van der Waals surface area contributed by atoms with Crippen LogP contribution in [0.3, 0.4) is 0 Å². The minimum atomic E-state index is -0.0939. The molecule has 2 aromatic rings. The van der Waals surface area contributed by atoms with Crippen LogP contribution in [0.2, 0.25) is 0 Å². The Morgan fingerprint density at radius 3 is 2.57 bits per heavy atom. The van der Waals surface area contributed by atoms with E-state index in [0.29, 0.717) is 18.0 Å². The van der Waals surface area contributed by atoms with Crippen molar-refractivity contribution < 1.29 is 14.3 Å². The number of benzene rings is 2. The third kappa shape index (κ3) is 5.26. The van der Waals surface area contributed by atoms with Gasteiger partial charge in [0.15, 0.2) is 11.5 Å². The van der Waals surface area contributed by atoms with Crippen LogP contribution < -0.4 is 20.1 Å². The van der Waals surface area contributed by atoms with E-state index in [2.05, 4.69) is 26.6 Å². The summed E-state index contributed by atoms with van der Waals surface area (Å²) in [4.78, 5) is 11.9. The van der Waals surface area contributed by atoms with Gasteiger partial charge in [-0.2, -0.15) is 0 Å². The second-order valence-corrected chi connectivity index (χ2v) is 5.77. The van der Waals surface area contributed by atoms with Gasteiger partial charge in [-0.15, -0.1) is 0 Å². The fourth-order valence-electron chi connectivity index (χ4n) is 2.08. The highest BCUT2D eigenvalue weighted by Gasteiger charge is 2.06. The van der Waals surface area contributed by atoms with E-state index in [1.165, 1.54) is 0 Å². The fourth-order valence-corrected chi connectivity index (χ4v) is 2.48. The molecule has 5 nitrogen and oxygen atoms in total. The lowest BCUT2D eigenvalue weighted by Crippen LogP contribution is -2.27. The van der Waals surface area contributed by atoms with Crippen molar-refractivity contribution >= 4 is 27.5 Å². The van der Waals surface area contributed by atoms with Gasteiger partial charge < -0.3 is 20.1 Å². The third-order valence-electron chi connectivity index (χ3n) is 3.17. The number of nitrogens with one attached hydrogen (secondary N) is 2. The third-order valence-corrected chi connectivity index (χ3v) is 3.66. The average Bonchev–Trinajstić information content (AvgIpc) is 2.54. The SMILES string of the molecule is COc1ccc(CNCC(=O)Nc2cccc(Br)c2)cc1OC. The number of carbonyl (C=O) groups is 1. The number of amides is 1. The van der Waals surface area contributed by atoms with Crippen molar-refractivity contribution in [1.29, 1.82) is 0 Å². The molecule has 0 aliphatic carbocycles. The van der Waals surface area contributed by atoms with Gasteiger partial charge in [0.2, 0.25) is 5.91 Å². The van der Waals surface area contributed by atoms with Crippen LogP contribution in [0, 0.1) is 0 Å². The van der Waals surface area contributed by atoms with Gasteiger partial charge in [-0.05, 0) is 35.9 Å². The number of carbonyl (C=O) groups excluding carboxylic acids is 1. The molecule has 0 heterocycles. The lowest BCUT2D eigenvalue weighted by molar-refractivity contribution is -0.115. The molecule has 2 rings (SSSR count). The Morgan fingerprint density at radius 2 is 1.87 bits per heavy atom. The summed E-state index contributed by atoms with van der Waals surface area (Å²) in [5, 5.41) is 5.94. The summed E-state index contributed by atoms with van der Waals surface area (Å²) in [5.41, 5.74) is 1.77. The minimum absolute atomic E-state index is 0.0939. The van der Waals surface area contributed by atoms with Crippen molar-refractivity contribution in [2.45, 2.75) is 6.54 Å². The highest BCUT2D eigenvalue weighted by atomic mass is 79.9. The highest BCUT2D eigenvalue weighted by molar-refractivity contribution is 9.10. The smallest absolute Gasteiger partial charge is 0.238 e. The normalized spacial score (nSPS) is 10.2. The topological polar surface area (TPSA) is 59.6 Å². The number of methoxy groups -OCH3 is 2. The molecule has 0 aliphatic rings. The van der Waals surface area contributed by atoms with E-state index in [1.54, 1.807) is 14.2 Å². The van der Waals surface area contributed by atoms with Gasteiger partial charge in [0.05, 0.1) is 20.8 Å². The summed E-state index contributed by atoms with van der Waals surface area (Å²) < 4.78 is 11.4. The lowest BCUT2D eigenvalue weighted by atomic mass is 10.2. The van der Waals surface area contributed by atoms with Crippen LogP contribution in [0.15, 0.2) is 46.9 Å². The Balaban J connectivity index is 1.83. The molecule has 2 N–H and O–H groups in total. The predicted molar refractivity (Wildman–Crippen MR) is 94.0 cm³/mol. The van der Waals surface area contributed by atoms with Gasteiger partial charge in [-0.1, -0.05) is 28.1 Å². The van der Waals surface area contributed by atoms with Crippen LogP contribution in [0.4, 0.5) is 5.69 Å². The maximum atomic E-state index is 11.9. The predicted octanol–water partition coefficient (Wildman–Crippen LogP) is 3.19. The van der Waals surface area contributed by atoms with Crippen molar-refractivity contribution in [1.82, 2.24) is 5.32 Å². The van der Waals surface area contributed by atoms with Crippen LogP contribution in [-0.2, 0) is 11.3 Å². The van der Waals surface area contributed by atoms with E-state index in [4.69, 9.17) is 9.47 Å². The number of hydrogen-bond donors (Lipinski definition) is 2. The van der Waals surface area contributed by atoms with Crippen LogP contribution in [0.1, 0.15) is 5.56 Å². The van der Waals surface area contributed by atoms with Gasteiger partial charge in [0.25, 0.3) is 0 Å². The molecule has 2 aromatic carbocycles. The molecular weight excluding hydrogens is 360 g/mol. The summed E-state index contributed by atoms with van der Waals surface area (Å²) in [6.45, 7) is 0.785. The zero-order chi connectivity index (χ0) is 16.7. The molecule has 0 unspecified atom stereocenters. The van der Waals surface area contributed by atoms with Gasteiger partial charge in [0.1, 0.15) is 0 Å². The van der Waals surface area contributed by atoms with Gasteiger partial charge in [0, 0.05) is 16.7 Å². The first-order chi connectivity index (χ1) is 11.1. The monoisotopic (exact) mass is 378 g/mol. The van der Waals surface area contributed by atoms with Gasteiger partial charge in [-0.3, -0.25) is 4.79 Å². The number of rotatable bonds is 7. The van der Waals surface area contributed by atoms with Gasteiger partial charge in [-0.25, -0.2) is 0 Å². The zero-order valence-electron chi connectivity index (χ0n) is 13.1. The first-order valence-electron chi connectivity index (χ1n) is 7.09. The first kappa shape index (κ1) is 17.3. The molecule has 6 heteroatoms. The standard InChI is InChI=1S/C17H19BrN2O3/c1-22-15-7-6-12(8-16(15)23-2)10-19-11-17(21)20-14-5-3-4-13(18)9-14/h3-9,19H,10-11H2,1-2H3,(H,20,21). The Kier molecular flexibility index (Phi) is 6.43. The van der Waals surface area contributed by atoms with E-state index >= 15 is 0 Å². The summed E-state index contributed by atoms with van der Waals surface area (Å²) >= 11 is 3.37. The van der Waals surface area contributed by atoms with E-state index < -0.39 is 0 Å². The number of anilines is 1. The summed E-state index contributed by atoms with van der Waals surface area (Å²) in [6, 6.07) is 13.1. The van der Waals surface area contributed by atoms with Crippen LogP contribution >= 0.6 is 15.9 Å². The number of ether oxygens (including phenoxy) is 2. The second kappa shape index (κ2) is 8.55. The maximum Gasteiger partial charge on any atom is 0.238 e.